The largest absolute Gasteiger partial charge is 0.379 e. The highest BCUT2D eigenvalue weighted by Gasteiger charge is 2.10. The van der Waals surface area contributed by atoms with Gasteiger partial charge in [-0.15, -0.1) is 22.7 Å². The Hall–Kier alpha value is -0.850. The van der Waals surface area contributed by atoms with Gasteiger partial charge in [0.05, 0.1) is 15.4 Å². The number of fused-ring (bicyclic) bond motifs is 1. The van der Waals surface area contributed by atoms with Gasteiger partial charge < -0.3 is 11.1 Å². The number of rotatable bonds is 3. The zero-order valence-corrected chi connectivity index (χ0v) is 16.9. The van der Waals surface area contributed by atoms with Crippen LogP contribution in [-0.4, -0.2) is 11.0 Å². The molecule has 1 saturated carbocycles. The fourth-order valence-electron chi connectivity index (χ4n) is 2.81. The van der Waals surface area contributed by atoms with Gasteiger partial charge in [0.15, 0.2) is 0 Å². The topological polar surface area (TPSA) is 50.9 Å². The maximum Gasteiger partial charge on any atom is 0.131 e. The summed E-state index contributed by atoms with van der Waals surface area (Å²) in [6, 6.07) is 6.51. The van der Waals surface area contributed by atoms with E-state index in [9.17, 15) is 0 Å². The zero-order chi connectivity index (χ0) is 17.6. The van der Waals surface area contributed by atoms with Crippen LogP contribution >= 0.6 is 45.9 Å². The van der Waals surface area contributed by atoms with Crippen LogP contribution in [0.25, 0.3) is 10.2 Å². The summed E-state index contributed by atoms with van der Waals surface area (Å²) in [7, 11) is 0. The number of aromatic nitrogens is 1. The molecular weight excluding hydrogens is 393 g/mol. The van der Waals surface area contributed by atoms with Crippen molar-refractivity contribution in [1.82, 2.24) is 4.98 Å². The highest BCUT2D eigenvalue weighted by atomic mass is 35.5. The number of nitrogens with two attached hydrogens (primary N) is 1. The van der Waals surface area contributed by atoms with Crippen molar-refractivity contribution >= 4 is 61.8 Å². The fraction of sp³-hybridized carbons (Fsp3) is 0.389. The van der Waals surface area contributed by atoms with Gasteiger partial charge in [-0.3, -0.25) is 0 Å². The van der Waals surface area contributed by atoms with Crippen LogP contribution in [0.15, 0.2) is 29.0 Å². The molecule has 0 saturated heterocycles. The maximum atomic E-state index is 6.08. The van der Waals surface area contributed by atoms with Crippen molar-refractivity contribution in [2.24, 2.45) is 5.73 Å². The molecule has 3 aromatic rings. The second kappa shape index (κ2) is 9.19. The van der Waals surface area contributed by atoms with E-state index in [0.29, 0.717) is 16.2 Å². The van der Waals surface area contributed by atoms with Gasteiger partial charge in [0.2, 0.25) is 0 Å². The van der Waals surface area contributed by atoms with E-state index >= 15 is 0 Å². The van der Waals surface area contributed by atoms with Gasteiger partial charge in [0, 0.05) is 28.9 Å². The first-order valence-corrected chi connectivity index (χ1v) is 10.9. The lowest BCUT2D eigenvalue weighted by atomic mass is 9.97. The number of pyridine rings is 1. The minimum absolute atomic E-state index is 0.455. The quantitative estimate of drug-likeness (QED) is 0.478. The van der Waals surface area contributed by atoms with Crippen LogP contribution < -0.4 is 11.1 Å². The number of hydrogen-bond acceptors (Lipinski definition) is 5. The minimum Gasteiger partial charge on any atom is -0.379 e. The molecule has 3 N–H and O–H groups in total. The van der Waals surface area contributed by atoms with Gasteiger partial charge in [-0.2, -0.15) is 0 Å². The maximum absolute atomic E-state index is 6.08. The summed E-state index contributed by atoms with van der Waals surface area (Å²) in [5.41, 5.74) is 7.38. The predicted octanol–water partition coefficient (Wildman–Crippen LogP) is 6.55. The lowest BCUT2D eigenvalue weighted by Gasteiger charge is -2.15. The van der Waals surface area contributed by atoms with Gasteiger partial charge in [-0.05, 0) is 24.3 Å². The van der Waals surface area contributed by atoms with Crippen LogP contribution in [0.2, 0.25) is 10.2 Å². The molecule has 3 nitrogen and oxygen atoms in total. The molecule has 0 unspecified atom stereocenters. The van der Waals surface area contributed by atoms with E-state index in [1.165, 1.54) is 37.0 Å². The number of nitrogens with zero attached hydrogens (tertiary/aromatic N) is 1. The van der Waals surface area contributed by atoms with Crippen LogP contribution in [0, 0.1) is 0 Å². The third-order valence-corrected chi connectivity index (χ3v) is 6.62. The second-order valence-electron chi connectivity index (χ2n) is 6.08. The molecule has 0 radical (unpaired) electrons. The number of nitrogens with one attached hydrogen (secondary N) is 1. The third kappa shape index (κ3) is 5.31. The normalized spacial score (nSPS) is 15.0. The first-order valence-electron chi connectivity index (χ1n) is 8.38. The van der Waals surface area contributed by atoms with Gasteiger partial charge in [-0.1, -0.05) is 48.5 Å². The first-order chi connectivity index (χ1) is 12.1. The molecule has 3 heterocycles. The van der Waals surface area contributed by atoms with Crippen LogP contribution in [-0.2, 0) is 6.54 Å². The zero-order valence-electron chi connectivity index (χ0n) is 13.8. The van der Waals surface area contributed by atoms with Crippen molar-refractivity contribution in [2.45, 2.75) is 44.7 Å². The SMILES string of the molecule is Clc1cc(NCc2cccs2)c2scc(Cl)c2n1.NC1CCCCC1. The summed E-state index contributed by atoms with van der Waals surface area (Å²) >= 11 is 15.4. The van der Waals surface area contributed by atoms with Crippen LogP contribution in [0.5, 0.6) is 0 Å². The van der Waals surface area contributed by atoms with Crippen LogP contribution in [0.3, 0.4) is 0 Å². The summed E-state index contributed by atoms with van der Waals surface area (Å²) in [5.74, 6) is 0. The number of thiophene rings is 2. The summed E-state index contributed by atoms with van der Waals surface area (Å²) < 4.78 is 1.04. The van der Waals surface area contributed by atoms with E-state index in [1.807, 2.05) is 17.5 Å². The molecular formula is C18H21Cl2N3S2. The second-order valence-corrected chi connectivity index (χ2v) is 8.79. The van der Waals surface area contributed by atoms with E-state index in [2.05, 4.69) is 21.7 Å². The third-order valence-electron chi connectivity index (χ3n) is 4.13. The molecule has 0 aromatic carbocycles. The average molecular weight is 414 g/mol. The standard InChI is InChI=1S/C12H8Cl2N2S2.C6H13N/c13-8-6-18-12-9(4-10(14)16-11(8)12)15-5-7-2-1-3-17-7;7-6-4-2-1-3-5-6/h1-4,6H,5H2,(H,15,16);6H,1-5,7H2. The van der Waals surface area contributed by atoms with Gasteiger partial charge >= 0.3 is 0 Å². The highest BCUT2D eigenvalue weighted by molar-refractivity contribution is 7.18. The van der Waals surface area contributed by atoms with E-state index in [4.69, 9.17) is 28.9 Å². The number of anilines is 1. The van der Waals surface area contributed by atoms with Crippen molar-refractivity contribution in [3.63, 3.8) is 0 Å². The summed E-state index contributed by atoms with van der Waals surface area (Å²) in [5, 5.41) is 8.43. The number of halogens is 2. The Morgan fingerprint density at radius 2 is 2.00 bits per heavy atom. The van der Waals surface area contributed by atoms with E-state index < -0.39 is 0 Å². The van der Waals surface area contributed by atoms with Crippen LogP contribution in [0.1, 0.15) is 37.0 Å². The molecule has 0 atom stereocenters. The van der Waals surface area contributed by atoms with Crippen molar-refractivity contribution in [1.29, 1.82) is 0 Å². The summed E-state index contributed by atoms with van der Waals surface area (Å²) in [6.07, 6.45) is 6.66. The van der Waals surface area contributed by atoms with Crippen molar-refractivity contribution in [3.05, 3.63) is 44.0 Å². The molecule has 134 valence electrons. The Balaban J connectivity index is 0.000000219. The molecule has 25 heavy (non-hydrogen) atoms. The first kappa shape index (κ1) is 18.9. The predicted molar refractivity (Wildman–Crippen MR) is 112 cm³/mol. The van der Waals surface area contributed by atoms with Crippen molar-refractivity contribution in [2.75, 3.05) is 5.32 Å². The minimum atomic E-state index is 0.455. The van der Waals surface area contributed by atoms with Gasteiger partial charge in [-0.25, -0.2) is 4.98 Å². The Kier molecular flexibility index (Phi) is 6.96. The fourth-order valence-corrected chi connectivity index (χ4v) is 4.83. The van der Waals surface area contributed by atoms with Gasteiger partial charge in [0.1, 0.15) is 10.7 Å². The molecule has 0 amide bonds. The molecule has 7 heteroatoms. The van der Waals surface area contributed by atoms with E-state index in [-0.39, 0.29) is 0 Å². The lowest BCUT2D eigenvalue weighted by Crippen LogP contribution is -2.22. The molecule has 0 aliphatic heterocycles. The van der Waals surface area contributed by atoms with E-state index in [0.717, 1.165) is 22.4 Å². The monoisotopic (exact) mass is 413 g/mol. The van der Waals surface area contributed by atoms with Crippen LogP contribution in [0.4, 0.5) is 5.69 Å². The Morgan fingerprint density at radius 1 is 1.20 bits per heavy atom. The molecule has 0 spiro atoms. The van der Waals surface area contributed by atoms with E-state index in [1.54, 1.807) is 22.7 Å². The summed E-state index contributed by atoms with van der Waals surface area (Å²) in [4.78, 5) is 5.52. The van der Waals surface area contributed by atoms with Gasteiger partial charge in [0.25, 0.3) is 0 Å². The number of hydrogen-bond donors (Lipinski definition) is 2. The smallest absolute Gasteiger partial charge is 0.131 e. The Morgan fingerprint density at radius 3 is 2.64 bits per heavy atom. The van der Waals surface area contributed by atoms with Crippen molar-refractivity contribution in [3.8, 4) is 0 Å². The average Bonchev–Trinajstić information content (AvgIpc) is 3.25. The Bertz CT molecular complexity index is 796. The van der Waals surface area contributed by atoms with Crippen molar-refractivity contribution < 1.29 is 0 Å². The molecule has 1 fully saturated rings. The molecule has 0 bridgehead atoms. The molecule has 1 aliphatic rings. The lowest BCUT2D eigenvalue weighted by molar-refractivity contribution is 0.441. The molecule has 1 aliphatic carbocycles. The summed E-state index contributed by atoms with van der Waals surface area (Å²) in [6.45, 7) is 0.780. The Labute approximate surface area is 166 Å². The molecule has 3 aromatic heterocycles. The highest BCUT2D eigenvalue weighted by Crippen LogP contribution is 2.35. The molecule has 4 rings (SSSR count).